The lowest BCUT2D eigenvalue weighted by molar-refractivity contribution is -0.159. The predicted molar refractivity (Wildman–Crippen MR) is 111 cm³/mol. The van der Waals surface area contributed by atoms with Gasteiger partial charge in [-0.15, -0.1) is 0 Å². The van der Waals surface area contributed by atoms with Crippen molar-refractivity contribution in [3.05, 3.63) is 59.7 Å². The van der Waals surface area contributed by atoms with Crippen LogP contribution in [0.2, 0.25) is 0 Å². The van der Waals surface area contributed by atoms with Gasteiger partial charge in [-0.1, -0.05) is 48.5 Å². The Bertz CT molecular complexity index is 958. The Hall–Kier alpha value is -3.39. The fourth-order valence-electron chi connectivity index (χ4n) is 3.85. The molecule has 0 radical (unpaired) electrons. The highest BCUT2D eigenvalue weighted by Gasteiger charge is 2.38. The van der Waals surface area contributed by atoms with Gasteiger partial charge in [0, 0.05) is 5.92 Å². The van der Waals surface area contributed by atoms with Gasteiger partial charge in [0.1, 0.15) is 12.6 Å². The van der Waals surface area contributed by atoms with Crippen molar-refractivity contribution in [3.8, 4) is 11.1 Å². The first-order chi connectivity index (χ1) is 15.0. The van der Waals surface area contributed by atoms with Gasteiger partial charge in [-0.3, -0.25) is 9.63 Å². The Morgan fingerprint density at radius 3 is 2.16 bits per heavy atom. The van der Waals surface area contributed by atoms with Crippen LogP contribution in [0.5, 0.6) is 0 Å². The SMILES string of the molecule is CC(ONC(=O)C(NC(=O)OCC1c2ccccc2-c2ccccc21)C1CC1)C(=O)O. The van der Waals surface area contributed by atoms with Crippen LogP contribution >= 0.6 is 0 Å². The Labute approximate surface area is 179 Å². The lowest BCUT2D eigenvalue weighted by Gasteiger charge is -2.20. The van der Waals surface area contributed by atoms with Crippen LogP contribution in [0.4, 0.5) is 4.79 Å². The average molecular weight is 424 g/mol. The van der Waals surface area contributed by atoms with E-state index in [1.807, 2.05) is 36.4 Å². The average Bonchev–Trinajstić information content (AvgIpc) is 3.56. The van der Waals surface area contributed by atoms with Crippen molar-refractivity contribution < 1.29 is 29.1 Å². The number of rotatable bonds is 8. The highest BCUT2D eigenvalue weighted by atomic mass is 16.7. The molecule has 2 atom stereocenters. The summed E-state index contributed by atoms with van der Waals surface area (Å²) < 4.78 is 5.50. The normalized spacial score (nSPS) is 16.5. The molecule has 2 aliphatic carbocycles. The van der Waals surface area contributed by atoms with E-state index in [0.29, 0.717) is 0 Å². The molecule has 2 unspecified atom stereocenters. The number of carboxylic acid groups (broad SMARTS) is 1. The van der Waals surface area contributed by atoms with E-state index in [1.165, 1.54) is 6.92 Å². The first-order valence-electron chi connectivity index (χ1n) is 10.3. The summed E-state index contributed by atoms with van der Waals surface area (Å²) in [5.41, 5.74) is 6.59. The first kappa shape index (κ1) is 20.9. The van der Waals surface area contributed by atoms with E-state index in [-0.39, 0.29) is 18.4 Å². The molecule has 0 saturated heterocycles. The summed E-state index contributed by atoms with van der Waals surface area (Å²) in [7, 11) is 0. The summed E-state index contributed by atoms with van der Waals surface area (Å²) in [6, 6.07) is 15.2. The van der Waals surface area contributed by atoms with Gasteiger partial charge >= 0.3 is 12.1 Å². The summed E-state index contributed by atoms with van der Waals surface area (Å²) in [5, 5.41) is 11.5. The van der Waals surface area contributed by atoms with Gasteiger partial charge < -0.3 is 15.2 Å². The molecule has 2 aromatic rings. The number of carboxylic acids is 1. The van der Waals surface area contributed by atoms with Crippen LogP contribution in [-0.2, 0) is 19.2 Å². The van der Waals surface area contributed by atoms with Crippen molar-refractivity contribution >= 4 is 18.0 Å². The Morgan fingerprint density at radius 1 is 1.03 bits per heavy atom. The third kappa shape index (κ3) is 4.54. The van der Waals surface area contributed by atoms with Crippen LogP contribution in [0.25, 0.3) is 11.1 Å². The molecule has 0 aromatic heterocycles. The smallest absolute Gasteiger partial charge is 0.407 e. The van der Waals surface area contributed by atoms with Crippen LogP contribution in [0.3, 0.4) is 0 Å². The number of nitrogens with one attached hydrogen (secondary N) is 2. The molecule has 162 valence electrons. The summed E-state index contributed by atoms with van der Waals surface area (Å²) in [6.07, 6.45) is -0.314. The number of aliphatic carboxylic acids is 1. The first-order valence-corrected chi connectivity index (χ1v) is 10.3. The monoisotopic (exact) mass is 424 g/mol. The van der Waals surface area contributed by atoms with Crippen molar-refractivity contribution in [2.45, 2.75) is 37.8 Å². The lowest BCUT2D eigenvalue weighted by Crippen LogP contribution is -2.49. The fourth-order valence-corrected chi connectivity index (χ4v) is 3.85. The zero-order chi connectivity index (χ0) is 22.0. The maximum absolute atomic E-state index is 12.5. The molecular formula is C23H24N2O6. The topological polar surface area (TPSA) is 114 Å². The Kier molecular flexibility index (Phi) is 5.90. The highest BCUT2D eigenvalue weighted by Crippen LogP contribution is 2.44. The number of carbonyl (C=O) groups is 3. The third-order valence-corrected chi connectivity index (χ3v) is 5.68. The van der Waals surface area contributed by atoms with E-state index in [4.69, 9.17) is 14.7 Å². The van der Waals surface area contributed by atoms with E-state index in [0.717, 1.165) is 35.1 Å². The number of hydrogen-bond donors (Lipinski definition) is 3. The second kappa shape index (κ2) is 8.77. The molecule has 4 rings (SSSR count). The van der Waals surface area contributed by atoms with Crippen molar-refractivity contribution in [3.63, 3.8) is 0 Å². The van der Waals surface area contributed by atoms with E-state index >= 15 is 0 Å². The summed E-state index contributed by atoms with van der Waals surface area (Å²) >= 11 is 0. The largest absolute Gasteiger partial charge is 0.479 e. The van der Waals surface area contributed by atoms with E-state index in [9.17, 15) is 14.4 Å². The summed E-state index contributed by atoms with van der Waals surface area (Å²) in [6.45, 7) is 1.44. The molecule has 8 heteroatoms. The number of ether oxygens (including phenoxy) is 1. The number of hydroxylamine groups is 1. The third-order valence-electron chi connectivity index (χ3n) is 5.68. The number of benzene rings is 2. The van der Waals surface area contributed by atoms with Crippen LogP contribution in [0.15, 0.2) is 48.5 Å². The minimum Gasteiger partial charge on any atom is -0.479 e. The molecule has 1 fully saturated rings. The molecule has 0 heterocycles. The van der Waals surface area contributed by atoms with Gasteiger partial charge in [-0.05, 0) is 47.9 Å². The van der Waals surface area contributed by atoms with Crippen LogP contribution < -0.4 is 10.8 Å². The summed E-state index contributed by atoms with van der Waals surface area (Å²) in [5.74, 6) is -1.90. The van der Waals surface area contributed by atoms with Crippen molar-refractivity contribution in [2.24, 2.45) is 5.92 Å². The Balaban J connectivity index is 1.37. The fraction of sp³-hybridized carbons (Fsp3) is 0.348. The number of hydrogen-bond acceptors (Lipinski definition) is 5. The summed E-state index contributed by atoms with van der Waals surface area (Å²) in [4.78, 5) is 40.5. The molecule has 8 nitrogen and oxygen atoms in total. The number of fused-ring (bicyclic) bond motifs is 3. The van der Waals surface area contributed by atoms with Crippen molar-refractivity contribution in [2.75, 3.05) is 6.61 Å². The highest BCUT2D eigenvalue weighted by molar-refractivity contribution is 5.86. The quantitative estimate of drug-likeness (QED) is 0.562. The molecule has 3 N–H and O–H groups in total. The number of carbonyl (C=O) groups excluding carboxylic acids is 2. The molecular weight excluding hydrogens is 400 g/mol. The van der Waals surface area contributed by atoms with Crippen LogP contribution in [0, 0.1) is 5.92 Å². The molecule has 2 aromatic carbocycles. The maximum atomic E-state index is 12.5. The van der Waals surface area contributed by atoms with Crippen LogP contribution in [0.1, 0.15) is 36.8 Å². The van der Waals surface area contributed by atoms with E-state index < -0.39 is 30.1 Å². The molecule has 0 bridgehead atoms. The van der Waals surface area contributed by atoms with E-state index in [2.05, 4.69) is 22.9 Å². The number of alkyl carbamates (subject to hydrolysis) is 1. The molecule has 1 saturated carbocycles. The minimum absolute atomic E-state index is 0.0239. The zero-order valence-electron chi connectivity index (χ0n) is 17.0. The van der Waals surface area contributed by atoms with Gasteiger partial charge in [0.25, 0.3) is 5.91 Å². The van der Waals surface area contributed by atoms with Gasteiger partial charge in [0.15, 0.2) is 6.10 Å². The molecule has 0 aliphatic heterocycles. The molecule has 2 amide bonds. The standard InChI is InChI=1S/C23H24N2O6/c1-13(22(27)28)31-25-21(26)20(14-10-11-14)24-23(29)30-12-19-17-8-4-2-6-15(17)16-7-3-5-9-18(16)19/h2-9,13-14,19-20H,10-12H2,1H3,(H,24,29)(H,25,26)(H,27,28). The van der Waals surface area contributed by atoms with Gasteiger partial charge in [-0.2, -0.15) is 0 Å². The van der Waals surface area contributed by atoms with Gasteiger partial charge in [0.2, 0.25) is 0 Å². The van der Waals surface area contributed by atoms with Crippen molar-refractivity contribution in [1.82, 2.24) is 10.8 Å². The predicted octanol–water partition coefficient (Wildman–Crippen LogP) is 2.82. The molecule has 0 spiro atoms. The zero-order valence-corrected chi connectivity index (χ0v) is 17.0. The minimum atomic E-state index is -1.20. The van der Waals surface area contributed by atoms with Gasteiger partial charge in [-0.25, -0.2) is 15.1 Å². The second-order valence-corrected chi connectivity index (χ2v) is 7.85. The second-order valence-electron chi connectivity index (χ2n) is 7.85. The maximum Gasteiger partial charge on any atom is 0.407 e. The van der Waals surface area contributed by atoms with Gasteiger partial charge in [0.05, 0.1) is 0 Å². The Morgan fingerprint density at radius 2 is 1.61 bits per heavy atom. The molecule has 31 heavy (non-hydrogen) atoms. The lowest BCUT2D eigenvalue weighted by atomic mass is 9.98. The van der Waals surface area contributed by atoms with E-state index in [1.54, 1.807) is 0 Å². The van der Waals surface area contributed by atoms with Crippen LogP contribution in [-0.4, -0.2) is 41.8 Å². The number of amides is 2. The van der Waals surface area contributed by atoms with Crippen molar-refractivity contribution in [1.29, 1.82) is 0 Å². The molecule has 2 aliphatic rings.